The Kier molecular flexibility index (Phi) is 4.11. The molecule has 4 heterocycles. The maximum Gasteiger partial charge on any atom is 0.257 e. The monoisotopic (exact) mass is 353 g/mol. The molecule has 1 aliphatic rings. The number of fused-ring (bicyclic) bond motifs is 1. The molecule has 9 nitrogen and oxygen atoms in total. The Labute approximate surface area is 149 Å². The normalized spacial score (nSPS) is 17.0. The quantitative estimate of drug-likeness (QED) is 0.718. The molecule has 3 aromatic heterocycles. The molecule has 1 aliphatic heterocycles. The van der Waals surface area contributed by atoms with Crippen molar-refractivity contribution in [3.63, 3.8) is 0 Å². The average Bonchev–Trinajstić information content (AvgIpc) is 3.37. The second-order valence-corrected chi connectivity index (χ2v) is 6.37. The molecule has 2 amide bonds. The van der Waals surface area contributed by atoms with Gasteiger partial charge < -0.3 is 15.2 Å². The lowest BCUT2D eigenvalue weighted by Crippen LogP contribution is -2.25. The highest BCUT2D eigenvalue weighted by Gasteiger charge is 2.27. The number of carbonyl (C=O) groups excluding carboxylic acids is 2. The molecule has 1 fully saturated rings. The maximum atomic E-state index is 12.4. The Morgan fingerprint density at radius 1 is 1.35 bits per heavy atom. The molecular weight excluding hydrogens is 334 g/mol. The van der Waals surface area contributed by atoms with Crippen LogP contribution in [-0.4, -0.2) is 54.4 Å². The van der Waals surface area contributed by atoms with Gasteiger partial charge in [-0.1, -0.05) is 0 Å². The first-order valence-corrected chi connectivity index (χ1v) is 8.47. The lowest BCUT2D eigenvalue weighted by atomic mass is 10.1. The molecule has 0 spiro atoms. The summed E-state index contributed by atoms with van der Waals surface area (Å²) in [7, 11) is 0. The fourth-order valence-electron chi connectivity index (χ4n) is 3.20. The summed E-state index contributed by atoms with van der Waals surface area (Å²) in [4.78, 5) is 37.5. The summed E-state index contributed by atoms with van der Waals surface area (Å²) >= 11 is 0. The van der Waals surface area contributed by atoms with E-state index in [1.165, 1.54) is 6.20 Å². The largest absolute Gasteiger partial charge is 0.346 e. The molecule has 0 aliphatic carbocycles. The molecule has 0 saturated carbocycles. The summed E-state index contributed by atoms with van der Waals surface area (Å²) in [5.74, 6) is 0.926. The van der Waals surface area contributed by atoms with E-state index in [1.807, 2.05) is 4.90 Å². The van der Waals surface area contributed by atoms with Crippen LogP contribution in [-0.2, 0) is 11.3 Å². The standard InChI is InChI=1S/C17H19N7O2/c1-11(25)23-6-3-12(10-23)15-19-7-13(22-15)8-20-17(26)14-9-21-24-5-2-4-18-16(14)24/h2,4-5,7,9,12H,3,6,8,10H2,1H3,(H,19,22)(H,20,26)/t12-/m0/s1. The minimum atomic E-state index is -0.238. The van der Waals surface area contributed by atoms with Gasteiger partial charge in [0.1, 0.15) is 11.4 Å². The molecular formula is C17H19N7O2. The highest BCUT2D eigenvalue weighted by atomic mass is 16.2. The Hall–Kier alpha value is -3.23. The molecule has 1 atom stereocenters. The Morgan fingerprint density at radius 2 is 2.23 bits per heavy atom. The number of hydrogen-bond acceptors (Lipinski definition) is 5. The Bertz CT molecular complexity index is 961. The molecule has 0 aromatic carbocycles. The first-order valence-electron chi connectivity index (χ1n) is 8.47. The number of nitrogens with zero attached hydrogens (tertiary/aromatic N) is 5. The van der Waals surface area contributed by atoms with Crippen molar-refractivity contribution in [3.8, 4) is 0 Å². The van der Waals surface area contributed by atoms with Crippen LogP contribution in [0.3, 0.4) is 0 Å². The second kappa shape index (κ2) is 6.58. The van der Waals surface area contributed by atoms with Crippen molar-refractivity contribution in [2.24, 2.45) is 0 Å². The van der Waals surface area contributed by atoms with Crippen LogP contribution in [0.4, 0.5) is 0 Å². The van der Waals surface area contributed by atoms with Gasteiger partial charge in [0.25, 0.3) is 5.91 Å². The third-order valence-electron chi connectivity index (χ3n) is 4.63. The minimum Gasteiger partial charge on any atom is -0.346 e. The van der Waals surface area contributed by atoms with E-state index < -0.39 is 0 Å². The molecule has 3 aromatic rings. The van der Waals surface area contributed by atoms with Gasteiger partial charge >= 0.3 is 0 Å². The van der Waals surface area contributed by atoms with Gasteiger partial charge in [-0.15, -0.1) is 0 Å². The topological polar surface area (TPSA) is 108 Å². The smallest absolute Gasteiger partial charge is 0.257 e. The first-order chi connectivity index (χ1) is 12.6. The van der Waals surface area contributed by atoms with Crippen LogP contribution in [0.5, 0.6) is 0 Å². The van der Waals surface area contributed by atoms with E-state index in [2.05, 4.69) is 25.4 Å². The Morgan fingerprint density at radius 3 is 3.04 bits per heavy atom. The summed E-state index contributed by atoms with van der Waals surface area (Å²) < 4.78 is 1.56. The van der Waals surface area contributed by atoms with E-state index in [1.54, 1.807) is 36.1 Å². The summed E-state index contributed by atoms with van der Waals surface area (Å²) in [6, 6.07) is 1.75. The number of rotatable bonds is 4. The minimum absolute atomic E-state index is 0.0913. The van der Waals surface area contributed by atoms with Crippen molar-refractivity contribution >= 4 is 17.5 Å². The molecule has 0 unspecified atom stereocenters. The molecule has 2 N–H and O–H groups in total. The van der Waals surface area contributed by atoms with Gasteiger partial charge in [-0.05, 0) is 12.5 Å². The van der Waals surface area contributed by atoms with Crippen LogP contribution < -0.4 is 5.32 Å². The number of likely N-dealkylation sites (tertiary alicyclic amines) is 1. The summed E-state index contributed by atoms with van der Waals surface area (Å²) in [5.41, 5.74) is 1.77. The van der Waals surface area contributed by atoms with E-state index in [-0.39, 0.29) is 17.7 Å². The number of H-pyrrole nitrogens is 1. The maximum absolute atomic E-state index is 12.4. The molecule has 0 radical (unpaired) electrons. The first kappa shape index (κ1) is 16.2. The zero-order chi connectivity index (χ0) is 18.1. The lowest BCUT2D eigenvalue weighted by Gasteiger charge is -2.12. The number of amides is 2. The number of aromatic nitrogens is 5. The molecule has 26 heavy (non-hydrogen) atoms. The van der Waals surface area contributed by atoms with E-state index in [0.717, 1.165) is 24.5 Å². The van der Waals surface area contributed by atoms with Gasteiger partial charge in [-0.25, -0.2) is 14.5 Å². The molecule has 1 saturated heterocycles. The van der Waals surface area contributed by atoms with Crippen LogP contribution >= 0.6 is 0 Å². The van der Waals surface area contributed by atoms with Crippen molar-refractivity contribution in [3.05, 3.63) is 47.9 Å². The van der Waals surface area contributed by atoms with Gasteiger partial charge in [0.05, 0.1) is 24.6 Å². The van der Waals surface area contributed by atoms with Crippen LogP contribution in [0, 0.1) is 0 Å². The lowest BCUT2D eigenvalue weighted by molar-refractivity contribution is -0.127. The predicted octanol–water partition coefficient (Wildman–Crippen LogP) is 0.718. The van der Waals surface area contributed by atoms with E-state index in [0.29, 0.717) is 24.3 Å². The third kappa shape index (κ3) is 3.03. The number of hydrogen-bond donors (Lipinski definition) is 2. The zero-order valence-electron chi connectivity index (χ0n) is 14.3. The fourth-order valence-corrected chi connectivity index (χ4v) is 3.20. The highest BCUT2D eigenvalue weighted by molar-refractivity contribution is 5.99. The third-order valence-corrected chi connectivity index (χ3v) is 4.63. The molecule has 0 bridgehead atoms. The van der Waals surface area contributed by atoms with Crippen LogP contribution in [0.15, 0.2) is 30.9 Å². The van der Waals surface area contributed by atoms with Crippen molar-refractivity contribution in [2.75, 3.05) is 13.1 Å². The van der Waals surface area contributed by atoms with Gasteiger partial charge in [0.2, 0.25) is 5.91 Å². The number of nitrogens with one attached hydrogen (secondary N) is 2. The van der Waals surface area contributed by atoms with Crippen molar-refractivity contribution < 1.29 is 9.59 Å². The van der Waals surface area contributed by atoms with Crippen LogP contribution in [0.25, 0.3) is 5.65 Å². The SMILES string of the molecule is CC(=O)N1CC[C@H](c2ncc(CNC(=O)c3cnn4cccnc34)[nH]2)C1. The van der Waals surface area contributed by atoms with Gasteiger partial charge in [-0.2, -0.15) is 5.10 Å². The highest BCUT2D eigenvalue weighted by Crippen LogP contribution is 2.24. The molecule has 4 rings (SSSR count). The molecule has 134 valence electrons. The average molecular weight is 353 g/mol. The Balaban J connectivity index is 1.39. The number of imidazole rings is 1. The number of aromatic amines is 1. The van der Waals surface area contributed by atoms with Gasteiger partial charge in [0.15, 0.2) is 5.65 Å². The molecule has 9 heteroatoms. The van der Waals surface area contributed by atoms with Crippen LogP contribution in [0.2, 0.25) is 0 Å². The zero-order valence-corrected chi connectivity index (χ0v) is 14.3. The predicted molar refractivity (Wildman–Crippen MR) is 92.4 cm³/mol. The fraction of sp³-hybridized carbons (Fsp3) is 0.353. The van der Waals surface area contributed by atoms with Crippen molar-refractivity contribution in [2.45, 2.75) is 25.8 Å². The van der Waals surface area contributed by atoms with Gasteiger partial charge in [-0.3, -0.25) is 9.59 Å². The van der Waals surface area contributed by atoms with Crippen LogP contribution in [0.1, 0.15) is 41.1 Å². The summed E-state index contributed by atoms with van der Waals surface area (Å²) in [5, 5.41) is 6.97. The second-order valence-electron chi connectivity index (χ2n) is 6.37. The number of carbonyl (C=O) groups is 2. The van der Waals surface area contributed by atoms with E-state index >= 15 is 0 Å². The summed E-state index contributed by atoms with van der Waals surface area (Å²) in [6.45, 7) is 3.36. The van der Waals surface area contributed by atoms with Crippen molar-refractivity contribution in [1.82, 2.24) is 34.8 Å². The van der Waals surface area contributed by atoms with Crippen molar-refractivity contribution in [1.29, 1.82) is 0 Å². The van der Waals surface area contributed by atoms with Gasteiger partial charge in [0, 0.05) is 38.3 Å². The van der Waals surface area contributed by atoms with E-state index in [9.17, 15) is 9.59 Å². The summed E-state index contributed by atoms with van der Waals surface area (Å²) in [6.07, 6.45) is 7.49. The van der Waals surface area contributed by atoms with E-state index in [4.69, 9.17) is 0 Å².